The summed E-state index contributed by atoms with van der Waals surface area (Å²) in [5, 5.41) is 0.775. The van der Waals surface area contributed by atoms with Gasteiger partial charge in [0.1, 0.15) is 0 Å². The van der Waals surface area contributed by atoms with E-state index in [1.165, 1.54) is 5.56 Å². The van der Waals surface area contributed by atoms with Gasteiger partial charge in [-0.2, -0.15) is 0 Å². The molecule has 1 aromatic carbocycles. The molecular weight excluding hydrogens is 210 g/mol. The van der Waals surface area contributed by atoms with E-state index in [1.807, 2.05) is 18.2 Å². The summed E-state index contributed by atoms with van der Waals surface area (Å²) in [4.78, 5) is 0. The zero-order chi connectivity index (χ0) is 11.1. The van der Waals surface area contributed by atoms with Gasteiger partial charge >= 0.3 is 0 Å². The van der Waals surface area contributed by atoms with Crippen LogP contribution in [-0.4, -0.2) is 19.8 Å². The van der Waals surface area contributed by atoms with Gasteiger partial charge in [0, 0.05) is 24.8 Å². The van der Waals surface area contributed by atoms with Crippen molar-refractivity contribution in [2.75, 3.05) is 13.7 Å². The van der Waals surface area contributed by atoms with Crippen LogP contribution in [-0.2, 0) is 11.2 Å². The fourth-order valence-corrected chi connectivity index (χ4v) is 1.77. The molecule has 0 spiro atoms. The van der Waals surface area contributed by atoms with Gasteiger partial charge in [-0.1, -0.05) is 23.7 Å². The maximum atomic E-state index is 6.00. The van der Waals surface area contributed by atoms with Gasteiger partial charge in [-0.05, 0) is 37.0 Å². The van der Waals surface area contributed by atoms with E-state index in [0.717, 1.165) is 30.9 Å². The third-order valence-electron chi connectivity index (χ3n) is 2.31. The first-order chi connectivity index (χ1) is 7.22. The minimum absolute atomic E-state index is 0.193. The van der Waals surface area contributed by atoms with Crippen molar-refractivity contribution in [1.82, 2.24) is 0 Å². The van der Waals surface area contributed by atoms with Gasteiger partial charge in [0.15, 0.2) is 0 Å². The first-order valence-corrected chi connectivity index (χ1v) is 5.59. The van der Waals surface area contributed by atoms with Crippen LogP contribution < -0.4 is 5.73 Å². The third kappa shape index (κ3) is 5.17. The van der Waals surface area contributed by atoms with Crippen molar-refractivity contribution in [3.63, 3.8) is 0 Å². The van der Waals surface area contributed by atoms with Gasteiger partial charge in [-0.15, -0.1) is 0 Å². The molecule has 0 heterocycles. The number of benzene rings is 1. The summed E-state index contributed by atoms with van der Waals surface area (Å²) in [7, 11) is 1.71. The van der Waals surface area contributed by atoms with Crippen molar-refractivity contribution < 1.29 is 4.74 Å². The smallest absolute Gasteiger partial charge is 0.0462 e. The monoisotopic (exact) mass is 227 g/mol. The second-order valence-electron chi connectivity index (χ2n) is 3.73. The number of hydrogen-bond donors (Lipinski definition) is 1. The Balaban J connectivity index is 2.34. The van der Waals surface area contributed by atoms with E-state index >= 15 is 0 Å². The quantitative estimate of drug-likeness (QED) is 0.759. The normalized spacial score (nSPS) is 12.7. The lowest BCUT2D eigenvalue weighted by Crippen LogP contribution is -2.23. The molecule has 3 heteroatoms. The van der Waals surface area contributed by atoms with Crippen LogP contribution in [0.2, 0.25) is 5.02 Å². The topological polar surface area (TPSA) is 35.2 Å². The van der Waals surface area contributed by atoms with Gasteiger partial charge in [0.2, 0.25) is 0 Å². The van der Waals surface area contributed by atoms with Gasteiger partial charge in [-0.3, -0.25) is 0 Å². The molecule has 1 atom stereocenters. The van der Waals surface area contributed by atoms with Crippen molar-refractivity contribution in [2.24, 2.45) is 5.73 Å². The fraction of sp³-hybridized carbons (Fsp3) is 0.500. The van der Waals surface area contributed by atoms with Crippen molar-refractivity contribution in [1.29, 1.82) is 0 Å². The van der Waals surface area contributed by atoms with Crippen LogP contribution >= 0.6 is 11.6 Å². The Bertz CT molecular complexity index is 291. The Morgan fingerprint density at radius 2 is 2.27 bits per heavy atom. The molecule has 0 saturated carbocycles. The average molecular weight is 228 g/mol. The molecule has 1 aromatic rings. The molecule has 0 radical (unpaired) electrons. The first kappa shape index (κ1) is 12.5. The molecule has 1 rings (SSSR count). The average Bonchev–Trinajstić information content (AvgIpc) is 2.18. The Hall–Kier alpha value is -0.570. The minimum atomic E-state index is 0.193. The zero-order valence-electron chi connectivity index (χ0n) is 9.08. The van der Waals surface area contributed by atoms with E-state index < -0.39 is 0 Å². The molecule has 0 bridgehead atoms. The maximum absolute atomic E-state index is 6.00. The molecule has 0 amide bonds. The van der Waals surface area contributed by atoms with Crippen molar-refractivity contribution in [3.8, 4) is 0 Å². The van der Waals surface area contributed by atoms with Crippen LogP contribution in [0.5, 0.6) is 0 Å². The highest BCUT2D eigenvalue weighted by molar-refractivity contribution is 6.30. The van der Waals surface area contributed by atoms with Gasteiger partial charge in [0.05, 0.1) is 0 Å². The molecule has 2 N–H and O–H groups in total. The Kier molecular flexibility index (Phi) is 5.69. The highest BCUT2D eigenvalue weighted by Crippen LogP contribution is 2.13. The Morgan fingerprint density at radius 3 is 2.93 bits per heavy atom. The molecule has 2 nitrogen and oxygen atoms in total. The van der Waals surface area contributed by atoms with Crippen molar-refractivity contribution in [3.05, 3.63) is 34.9 Å². The predicted octanol–water partition coefficient (Wildman–Crippen LogP) is 2.64. The summed E-state index contributed by atoms with van der Waals surface area (Å²) in [6.07, 6.45) is 2.88. The summed E-state index contributed by atoms with van der Waals surface area (Å²) in [5.41, 5.74) is 7.20. The minimum Gasteiger partial charge on any atom is -0.385 e. The molecule has 0 aliphatic heterocycles. The van der Waals surface area contributed by atoms with Gasteiger partial charge < -0.3 is 10.5 Å². The lowest BCUT2D eigenvalue weighted by molar-refractivity contribution is 0.190. The lowest BCUT2D eigenvalue weighted by Gasteiger charge is -2.11. The summed E-state index contributed by atoms with van der Waals surface area (Å²) >= 11 is 5.89. The number of hydrogen-bond acceptors (Lipinski definition) is 2. The summed E-state index contributed by atoms with van der Waals surface area (Å²) in [6.45, 7) is 0.781. The van der Waals surface area contributed by atoms with Gasteiger partial charge in [0.25, 0.3) is 0 Å². The zero-order valence-corrected chi connectivity index (χ0v) is 9.83. The highest BCUT2D eigenvalue weighted by atomic mass is 35.5. The summed E-state index contributed by atoms with van der Waals surface area (Å²) in [6, 6.07) is 8.06. The van der Waals surface area contributed by atoms with E-state index in [1.54, 1.807) is 7.11 Å². The van der Waals surface area contributed by atoms with E-state index in [9.17, 15) is 0 Å². The third-order valence-corrected chi connectivity index (χ3v) is 2.55. The van der Waals surface area contributed by atoms with E-state index in [2.05, 4.69) is 6.07 Å². The highest BCUT2D eigenvalue weighted by Gasteiger charge is 2.04. The van der Waals surface area contributed by atoms with E-state index in [-0.39, 0.29) is 6.04 Å². The standard InChI is InChI=1S/C12H18ClNO/c1-15-7-3-6-12(14)9-10-4-2-5-11(13)8-10/h2,4-5,8,12H,3,6-7,9,14H2,1H3. The molecule has 0 saturated heterocycles. The Labute approximate surface area is 96.4 Å². The van der Waals surface area contributed by atoms with Crippen LogP contribution in [0.3, 0.4) is 0 Å². The molecular formula is C12H18ClNO. The number of ether oxygens (including phenoxy) is 1. The molecule has 0 aromatic heterocycles. The van der Waals surface area contributed by atoms with E-state index in [0.29, 0.717) is 0 Å². The summed E-state index contributed by atoms with van der Waals surface area (Å²) in [5.74, 6) is 0. The molecule has 15 heavy (non-hydrogen) atoms. The lowest BCUT2D eigenvalue weighted by atomic mass is 10.0. The second kappa shape index (κ2) is 6.83. The van der Waals surface area contributed by atoms with Crippen LogP contribution in [0.1, 0.15) is 18.4 Å². The number of halogens is 1. The molecule has 0 aliphatic rings. The summed E-state index contributed by atoms with van der Waals surface area (Å²) < 4.78 is 4.98. The molecule has 84 valence electrons. The van der Waals surface area contributed by atoms with Crippen LogP contribution in [0.4, 0.5) is 0 Å². The number of nitrogens with two attached hydrogens (primary N) is 1. The maximum Gasteiger partial charge on any atom is 0.0462 e. The van der Waals surface area contributed by atoms with Crippen LogP contribution in [0.15, 0.2) is 24.3 Å². The van der Waals surface area contributed by atoms with Crippen LogP contribution in [0.25, 0.3) is 0 Å². The SMILES string of the molecule is COCCCC(N)Cc1cccc(Cl)c1. The second-order valence-corrected chi connectivity index (χ2v) is 4.17. The van der Waals surface area contributed by atoms with Crippen molar-refractivity contribution in [2.45, 2.75) is 25.3 Å². The number of methoxy groups -OCH3 is 1. The first-order valence-electron chi connectivity index (χ1n) is 5.21. The molecule has 0 aliphatic carbocycles. The van der Waals surface area contributed by atoms with Gasteiger partial charge in [-0.25, -0.2) is 0 Å². The predicted molar refractivity (Wildman–Crippen MR) is 64.2 cm³/mol. The fourth-order valence-electron chi connectivity index (χ4n) is 1.56. The number of rotatable bonds is 6. The van der Waals surface area contributed by atoms with Crippen molar-refractivity contribution >= 4 is 11.6 Å². The van der Waals surface area contributed by atoms with E-state index in [4.69, 9.17) is 22.1 Å². The van der Waals surface area contributed by atoms with Crippen LogP contribution in [0, 0.1) is 0 Å². The Morgan fingerprint density at radius 1 is 1.47 bits per heavy atom. The molecule has 0 fully saturated rings. The largest absolute Gasteiger partial charge is 0.385 e. The molecule has 1 unspecified atom stereocenters.